The summed E-state index contributed by atoms with van der Waals surface area (Å²) in [7, 11) is 0. The maximum absolute atomic E-state index is 12.8. The van der Waals surface area contributed by atoms with Gasteiger partial charge in [-0.05, 0) is 43.2 Å². The SMILES string of the molecule is C#CCNC(=O)CN1CCCN(C(=O)C=Cc2ccc3c(c2)c2ccccc2n3CC)CC1. The van der Waals surface area contributed by atoms with Crippen molar-refractivity contribution in [1.29, 1.82) is 0 Å². The summed E-state index contributed by atoms with van der Waals surface area (Å²) in [6.07, 6.45) is 9.58. The highest BCUT2D eigenvalue weighted by atomic mass is 16.2. The number of carbonyl (C=O) groups excluding carboxylic acids is 2. The zero-order chi connectivity index (χ0) is 23.2. The number of carbonyl (C=O) groups is 2. The first kappa shape index (κ1) is 22.6. The number of aromatic nitrogens is 1. The normalized spacial score (nSPS) is 15.1. The maximum atomic E-state index is 12.8. The van der Waals surface area contributed by atoms with Gasteiger partial charge in [-0.25, -0.2) is 0 Å². The fourth-order valence-electron chi connectivity index (χ4n) is 4.55. The molecule has 0 radical (unpaired) electrons. The van der Waals surface area contributed by atoms with Crippen molar-refractivity contribution in [2.75, 3.05) is 39.3 Å². The third-order valence-electron chi connectivity index (χ3n) is 6.19. The summed E-state index contributed by atoms with van der Waals surface area (Å²) in [6.45, 7) is 6.38. The fraction of sp³-hybridized carbons (Fsp3) is 0.333. The Hall–Kier alpha value is -3.56. The van der Waals surface area contributed by atoms with E-state index in [1.807, 2.05) is 11.0 Å². The Morgan fingerprint density at radius 2 is 1.88 bits per heavy atom. The van der Waals surface area contributed by atoms with Gasteiger partial charge in [0.2, 0.25) is 11.8 Å². The first-order valence-corrected chi connectivity index (χ1v) is 11.5. The van der Waals surface area contributed by atoms with Crippen LogP contribution in [0.3, 0.4) is 0 Å². The molecule has 0 unspecified atom stereocenters. The number of terminal acetylenes is 1. The van der Waals surface area contributed by atoms with Crippen LogP contribution >= 0.6 is 0 Å². The van der Waals surface area contributed by atoms with Crippen LogP contribution in [0.15, 0.2) is 48.5 Å². The van der Waals surface area contributed by atoms with E-state index in [4.69, 9.17) is 6.42 Å². The number of rotatable bonds is 6. The second-order valence-corrected chi connectivity index (χ2v) is 8.31. The second kappa shape index (κ2) is 10.4. The van der Waals surface area contributed by atoms with Crippen LogP contribution < -0.4 is 5.32 Å². The topological polar surface area (TPSA) is 57.6 Å². The van der Waals surface area contributed by atoms with Crippen molar-refractivity contribution in [3.05, 3.63) is 54.1 Å². The van der Waals surface area contributed by atoms with Gasteiger partial charge in [0, 0.05) is 60.6 Å². The largest absolute Gasteiger partial charge is 0.344 e. The molecule has 0 saturated carbocycles. The summed E-state index contributed by atoms with van der Waals surface area (Å²) in [5, 5.41) is 5.13. The minimum absolute atomic E-state index is 0.00437. The van der Waals surface area contributed by atoms with E-state index in [0.29, 0.717) is 26.2 Å². The zero-order valence-corrected chi connectivity index (χ0v) is 19.1. The Kier molecular flexibility index (Phi) is 7.11. The van der Waals surface area contributed by atoms with Gasteiger partial charge in [0.05, 0.1) is 13.1 Å². The minimum atomic E-state index is -0.0764. The molecule has 1 saturated heterocycles. The molecule has 6 nitrogen and oxygen atoms in total. The summed E-state index contributed by atoms with van der Waals surface area (Å²) in [5.74, 6) is 2.34. The van der Waals surface area contributed by atoms with Gasteiger partial charge in [0.25, 0.3) is 0 Å². The number of fused-ring (bicyclic) bond motifs is 3. The van der Waals surface area contributed by atoms with Crippen LogP contribution in [0.2, 0.25) is 0 Å². The molecule has 0 aliphatic carbocycles. The number of amides is 2. The van der Waals surface area contributed by atoms with E-state index >= 15 is 0 Å². The van der Waals surface area contributed by atoms with Crippen LogP contribution in [0.5, 0.6) is 0 Å². The van der Waals surface area contributed by atoms with Gasteiger partial charge in [0.15, 0.2) is 0 Å². The van der Waals surface area contributed by atoms with Gasteiger partial charge in [-0.1, -0.05) is 30.2 Å². The predicted octanol–water partition coefficient (Wildman–Crippen LogP) is 3.11. The lowest BCUT2D eigenvalue weighted by molar-refractivity contribution is -0.125. The molecule has 2 aromatic carbocycles. The number of hydrogen-bond acceptors (Lipinski definition) is 3. The van der Waals surface area contributed by atoms with Crippen molar-refractivity contribution < 1.29 is 9.59 Å². The van der Waals surface area contributed by atoms with E-state index in [2.05, 4.69) is 70.1 Å². The number of aryl methyl sites for hydroxylation is 1. The van der Waals surface area contributed by atoms with Gasteiger partial charge in [-0.3, -0.25) is 14.5 Å². The van der Waals surface area contributed by atoms with Gasteiger partial charge in [-0.15, -0.1) is 6.42 Å². The molecule has 3 aromatic rings. The predicted molar refractivity (Wildman–Crippen MR) is 134 cm³/mol. The lowest BCUT2D eigenvalue weighted by atomic mass is 10.1. The first-order chi connectivity index (χ1) is 16.1. The Morgan fingerprint density at radius 1 is 1.06 bits per heavy atom. The molecule has 0 bridgehead atoms. The van der Waals surface area contributed by atoms with E-state index in [9.17, 15) is 9.59 Å². The molecule has 1 fully saturated rings. The van der Waals surface area contributed by atoms with Gasteiger partial charge in [0.1, 0.15) is 0 Å². The highest BCUT2D eigenvalue weighted by Crippen LogP contribution is 2.30. The Balaban J connectivity index is 1.43. The molecule has 2 heterocycles. The third kappa shape index (κ3) is 5.10. The van der Waals surface area contributed by atoms with Crippen LogP contribution in [-0.2, 0) is 16.1 Å². The summed E-state index contributed by atoms with van der Waals surface area (Å²) < 4.78 is 2.32. The van der Waals surface area contributed by atoms with Gasteiger partial charge < -0.3 is 14.8 Å². The molecule has 2 amide bonds. The Morgan fingerprint density at radius 3 is 2.70 bits per heavy atom. The summed E-state index contributed by atoms with van der Waals surface area (Å²) in [4.78, 5) is 28.7. The van der Waals surface area contributed by atoms with Crippen LogP contribution in [0.25, 0.3) is 27.9 Å². The minimum Gasteiger partial charge on any atom is -0.344 e. The lowest BCUT2D eigenvalue weighted by Crippen LogP contribution is -2.39. The lowest BCUT2D eigenvalue weighted by Gasteiger charge is -2.20. The first-order valence-electron chi connectivity index (χ1n) is 11.5. The van der Waals surface area contributed by atoms with E-state index in [1.165, 1.54) is 21.8 Å². The van der Waals surface area contributed by atoms with E-state index < -0.39 is 0 Å². The Bertz CT molecular complexity index is 1230. The quantitative estimate of drug-likeness (QED) is 0.471. The van der Waals surface area contributed by atoms with Crippen LogP contribution in [0.4, 0.5) is 0 Å². The second-order valence-electron chi connectivity index (χ2n) is 8.31. The molecule has 1 aromatic heterocycles. The van der Waals surface area contributed by atoms with E-state index in [-0.39, 0.29) is 18.4 Å². The molecular weight excluding hydrogens is 412 g/mol. The van der Waals surface area contributed by atoms with Crippen molar-refractivity contribution in [1.82, 2.24) is 19.7 Å². The molecule has 33 heavy (non-hydrogen) atoms. The van der Waals surface area contributed by atoms with Crippen LogP contribution in [0.1, 0.15) is 18.9 Å². The fourth-order valence-corrected chi connectivity index (χ4v) is 4.55. The van der Waals surface area contributed by atoms with Crippen molar-refractivity contribution in [3.8, 4) is 12.3 Å². The average molecular weight is 443 g/mol. The molecule has 170 valence electrons. The third-order valence-corrected chi connectivity index (χ3v) is 6.19. The molecular formula is C27H30N4O2. The van der Waals surface area contributed by atoms with E-state index in [1.54, 1.807) is 6.08 Å². The summed E-state index contributed by atoms with van der Waals surface area (Å²) in [5.41, 5.74) is 3.45. The van der Waals surface area contributed by atoms with Crippen molar-refractivity contribution in [3.63, 3.8) is 0 Å². The highest BCUT2D eigenvalue weighted by Gasteiger charge is 2.19. The summed E-state index contributed by atoms with van der Waals surface area (Å²) >= 11 is 0. The monoisotopic (exact) mass is 442 g/mol. The molecule has 1 aliphatic rings. The van der Waals surface area contributed by atoms with Gasteiger partial charge >= 0.3 is 0 Å². The van der Waals surface area contributed by atoms with Gasteiger partial charge in [-0.2, -0.15) is 0 Å². The van der Waals surface area contributed by atoms with Crippen molar-refractivity contribution in [2.24, 2.45) is 0 Å². The average Bonchev–Trinajstić information content (AvgIpc) is 2.96. The Labute approximate surface area is 194 Å². The number of benzene rings is 2. The molecule has 1 aliphatic heterocycles. The van der Waals surface area contributed by atoms with Crippen molar-refractivity contribution >= 4 is 39.7 Å². The molecule has 6 heteroatoms. The van der Waals surface area contributed by atoms with E-state index in [0.717, 1.165) is 25.1 Å². The smallest absolute Gasteiger partial charge is 0.246 e. The molecule has 4 rings (SSSR count). The number of nitrogens with one attached hydrogen (secondary N) is 1. The zero-order valence-electron chi connectivity index (χ0n) is 19.1. The number of para-hydroxylation sites is 1. The summed E-state index contributed by atoms with van der Waals surface area (Å²) in [6, 6.07) is 14.8. The number of nitrogens with zero attached hydrogens (tertiary/aromatic N) is 3. The van der Waals surface area contributed by atoms with Crippen molar-refractivity contribution in [2.45, 2.75) is 19.9 Å². The molecule has 1 N–H and O–H groups in total. The van der Waals surface area contributed by atoms with Crippen LogP contribution in [0, 0.1) is 12.3 Å². The highest BCUT2D eigenvalue weighted by molar-refractivity contribution is 6.08. The molecule has 0 spiro atoms. The maximum Gasteiger partial charge on any atom is 0.246 e. The standard InChI is InChI=1S/C27H30N4O2/c1-3-14-28-26(32)20-29-15-7-16-30(18-17-29)27(33)13-11-21-10-12-25-23(19-21)22-8-5-6-9-24(22)31(25)4-2/h1,5-6,8-13,19H,4,7,14-18,20H2,2H3,(H,28,32). The molecule has 0 atom stereocenters. The number of hydrogen-bond donors (Lipinski definition) is 1. The van der Waals surface area contributed by atoms with Crippen LogP contribution in [-0.4, -0.2) is 65.4 Å².